The van der Waals surface area contributed by atoms with Gasteiger partial charge in [0.05, 0.1) is 12.2 Å². The van der Waals surface area contributed by atoms with Gasteiger partial charge in [0.25, 0.3) is 0 Å². The first-order chi connectivity index (χ1) is 16.3. The highest BCUT2D eigenvalue weighted by atomic mass is 32.2. The SMILES string of the molecule is Fc1ccc(CCCC(NC2c3ccccc3CSc3ccccc32)N2CCNCC2)cc1. The summed E-state index contributed by atoms with van der Waals surface area (Å²) in [5.74, 6) is 0.844. The summed E-state index contributed by atoms with van der Waals surface area (Å²) in [5.41, 5.74) is 5.40. The first kappa shape index (κ1) is 22.6. The standard InChI is InChI=1S/C28H32FN3S/c29-23-14-12-21(13-15-23)6-5-11-27(32-18-16-30-17-19-32)31-28-24-8-2-1-7-22(24)20-33-26-10-4-3-9-25(26)28/h1-4,7-10,12-15,27-28,30-31H,5-6,11,16-20H2. The summed E-state index contributed by atoms with van der Waals surface area (Å²) in [4.78, 5) is 3.97. The summed E-state index contributed by atoms with van der Waals surface area (Å²) >= 11 is 1.94. The third kappa shape index (κ3) is 5.49. The van der Waals surface area contributed by atoms with E-state index in [9.17, 15) is 4.39 Å². The predicted octanol–water partition coefficient (Wildman–Crippen LogP) is 5.36. The lowest BCUT2D eigenvalue weighted by Crippen LogP contribution is -2.54. The Morgan fingerprint density at radius 3 is 2.48 bits per heavy atom. The molecule has 2 unspecified atom stereocenters. The van der Waals surface area contributed by atoms with E-state index in [0.717, 1.165) is 51.2 Å². The number of fused-ring (bicyclic) bond motifs is 2. The van der Waals surface area contributed by atoms with Crippen LogP contribution in [0.3, 0.4) is 0 Å². The Hall–Kier alpha value is -2.18. The number of benzene rings is 3. The molecular formula is C28H32FN3S. The van der Waals surface area contributed by atoms with Crippen molar-refractivity contribution in [3.05, 3.63) is 101 Å². The highest BCUT2D eigenvalue weighted by molar-refractivity contribution is 7.98. The topological polar surface area (TPSA) is 27.3 Å². The molecule has 2 heterocycles. The fourth-order valence-electron chi connectivity index (χ4n) is 5.01. The van der Waals surface area contributed by atoms with Gasteiger partial charge in [-0.3, -0.25) is 10.2 Å². The van der Waals surface area contributed by atoms with Gasteiger partial charge in [0, 0.05) is 36.8 Å². The Morgan fingerprint density at radius 2 is 1.67 bits per heavy atom. The second-order valence-electron chi connectivity index (χ2n) is 8.95. The number of hydrogen-bond acceptors (Lipinski definition) is 4. The van der Waals surface area contributed by atoms with Crippen LogP contribution in [-0.4, -0.2) is 37.2 Å². The molecule has 2 aliphatic heterocycles. The molecule has 5 rings (SSSR count). The number of aryl methyl sites for hydroxylation is 1. The number of piperazine rings is 1. The summed E-state index contributed by atoms with van der Waals surface area (Å²) in [6.45, 7) is 4.17. The molecule has 3 aromatic rings. The number of thioether (sulfide) groups is 1. The zero-order valence-electron chi connectivity index (χ0n) is 19.0. The minimum atomic E-state index is -0.164. The molecule has 0 amide bonds. The number of nitrogens with one attached hydrogen (secondary N) is 2. The average Bonchev–Trinajstić information content (AvgIpc) is 3.02. The second kappa shape index (κ2) is 10.8. The minimum absolute atomic E-state index is 0.164. The number of nitrogens with zero attached hydrogens (tertiary/aromatic N) is 1. The Kier molecular flexibility index (Phi) is 7.42. The molecule has 0 aromatic heterocycles. The van der Waals surface area contributed by atoms with Crippen LogP contribution in [0.4, 0.5) is 4.39 Å². The van der Waals surface area contributed by atoms with Crippen molar-refractivity contribution in [3.63, 3.8) is 0 Å². The maximum atomic E-state index is 13.3. The fourth-order valence-corrected chi connectivity index (χ4v) is 6.11. The molecule has 2 atom stereocenters. The van der Waals surface area contributed by atoms with E-state index in [-0.39, 0.29) is 11.9 Å². The van der Waals surface area contributed by atoms with Gasteiger partial charge in [-0.05, 0) is 59.7 Å². The third-order valence-electron chi connectivity index (χ3n) is 6.79. The zero-order valence-corrected chi connectivity index (χ0v) is 19.8. The smallest absolute Gasteiger partial charge is 0.123 e. The number of rotatable bonds is 7. The summed E-state index contributed by atoms with van der Waals surface area (Å²) in [6, 6.07) is 24.9. The molecule has 1 saturated heterocycles. The lowest BCUT2D eigenvalue weighted by Gasteiger charge is -2.38. The third-order valence-corrected chi connectivity index (χ3v) is 7.93. The molecular weight excluding hydrogens is 429 g/mol. The van der Waals surface area contributed by atoms with Gasteiger partial charge in [-0.2, -0.15) is 0 Å². The number of halogens is 1. The lowest BCUT2D eigenvalue weighted by molar-refractivity contribution is 0.128. The molecule has 3 aromatic carbocycles. The van der Waals surface area contributed by atoms with Gasteiger partial charge in [0.1, 0.15) is 5.82 Å². The first-order valence-electron chi connectivity index (χ1n) is 12.0. The number of hydrogen-bond donors (Lipinski definition) is 2. The highest BCUT2D eigenvalue weighted by Gasteiger charge is 2.28. The molecule has 3 nitrogen and oxygen atoms in total. The van der Waals surface area contributed by atoms with Crippen molar-refractivity contribution in [1.29, 1.82) is 0 Å². The lowest BCUT2D eigenvalue weighted by atomic mass is 9.94. The van der Waals surface area contributed by atoms with Gasteiger partial charge in [-0.1, -0.05) is 54.6 Å². The molecule has 0 aliphatic carbocycles. The quantitative estimate of drug-likeness (QED) is 0.495. The van der Waals surface area contributed by atoms with Crippen LogP contribution in [0.15, 0.2) is 77.7 Å². The molecule has 0 saturated carbocycles. The van der Waals surface area contributed by atoms with Gasteiger partial charge in [0.2, 0.25) is 0 Å². The molecule has 0 radical (unpaired) electrons. The molecule has 2 N–H and O–H groups in total. The monoisotopic (exact) mass is 461 g/mol. The zero-order chi connectivity index (χ0) is 22.5. The minimum Gasteiger partial charge on any atom is -0.314 e. The van der Waals surface area contributed by atoms with Crippen LogP contribution in [0, 0.1) is 5.82 Å². The van der Waals surface area contributed by atoms with Crippen LogP contribution < -0.4 is 10.6 Å². The van der Waals surface area contributed by atoms with Crippen LogP contribution in [0.2, 0.25) is 0 Å². The van der Waals surface area contributed by atoms with Gasteiger partial charge in [-0.15, -0.1) is 11.8 Å². The second-order valence-corrected chi connectivity index (χ2v) is 9.96. The summed E-state index contributed by atoms with van der Waals surface area (Å²) in [7, 11) is 0. The normalized spacial score (nSPS) is 19.4. The van der Waals surface area contributed by atoms with E-state index in [4.69, 9.17) is 0 Å². The molecule has 1 fully saturated rings. The molecule has 0 spiro atoms. The largest absolute Gasteiger partial charge is 0.314 e. The van der Waals surface area contributed by atoms with E-state index in [0.29, 0.717) is 6.17 Å². The van der Waals surface area contributed by atoms with Crippen molar-refractivity contribution in [1.82, 2.24) is 15.5 Å². The Bertz CT molecular complexity index is 1000. The molecule has 172 valence electrons. The van der Waals surface area contributed by atoms with E-state index in [1.54, 1.807) is 12.1 Å². The van der Waals surface area contributed by atoms with Crippen molar-refractivity contribution in [3.8, 4) is 0 Å². The predicted molar refractivity (Wildman–Crippen MR) is 135 cm³/mol. The maximum absolute atomic E-state index is 13.3. The average molecular weight is 462 g/mol. The Balaban J connectivity index is 1.39. The van der Waals surface area contributed by atoms with Crippen LogP contribution in [-0.2, 0) is 12.2 Å². The Morgan fingerprint density at radius 1 is 0.939 bits per heavy atom. The summed E-state index contributed by atoms with van der Waals surface area (Å²) in [6.07, 6.45) is 3.39. The van der Waals surface area contributed by atoms with Crippen molar-refractivity contribution < 1.29 is 4.39 Å². The van der Waals surface area contributed by atoms with Crippen LogP contribution in [0.5, 0.6) is 0 Å². The van der Waals surface area contributed by atoms with Gasteiger partial charge in [-0.25, -0.2) is 4.39 Å². The van der Waals surface area contributed by atoms with Crippen molar-refractivity contribution >= 4 is 11.8 Å². The van der Waals surface area contributed by atoms with E-state index in [2.05, 4.69) is 64.1 Å². The van der Waals surface area contributed by atoms with E-state index >= 15 is 0 Å². The van der Waals surface area contributed by atoms with Crippen molar-refractivity contribution in [2.24, 2.45) is 0 Å². The van der Waals surface area contributed by atoms with Crippen LogP contribution in [0.25, 0.3) is 0 Å². The molecule has 0 bridgehead atoms. The summed E-state index contributed by atoms with van der Waals surface area (Å²) in [5, 5.41) is 7.59. The maximum Gasteiger partial charge on any atom is 0.123 e. The Labute approximate surface area is 200 Å². The van der Waals surface area contributed by atoms with Crippen LogP contribution in [0.1, 0.15) is 41.1 Å². The van der Waals surface area contributed by atoms with Crippen LogP contribution >= 0.6 is 11.8 Å². The molecule has 2 aliphatic rings. The van der Waals surface area contributed by atoms with E-state index in [1.165, 1.54) is 27.1 Å². The van der Waals surface area contributed by atoms with Gasteiger partial charge >= 0.3 is 0 Å². The van der Waals surface area contributed by atoms with Gasteiger partial charge in [0.15, 0.2) is 0 Å². The highest BCUT2D eigenvalue weighted by Crippen LogP contribution is 2.39. The van der Waals surface area contributed by atoms with Gasteiger partial charge < -0.3 is 5.32 Å². The van der Waals surface area contributed by atoms with E-state index < -0.39 is 0 Å². The molecule has 5 heteroatoms. The summed E-state index contributed by atoms with van der Waals surface area (Å²) < 4.78 is 13.3. The first-order valence-corrected chi connectivity index (χ1v) is 13.0. The van der Waals surface area contributed by atoms with Crippen molar-refractivity contribution in [2.45, 2.75) is 42.1 Å². The van der Waals surface area contributed by atoms with E-state index in [1.807, 2.05) is 23.9 Å². The molecule has 33 heavy (non-hydrogen) atoms. The van der Waals surface area contributed by atoms with Crippen molar-refractivity contribution in [2.75, 3.05) is 26.2 Å². The fraction of sp³-hybridized carbons (Fsp3) is 0.357.